The lowest BCUT2D eigenvalue weighted by Gasteiger charge is -2.16. The molecule has 6 nitrogen and oxygen atoms in total. The highest BCUT2D eigenvalue weighted by Crippen LogP contribution is 2.27. The lowest BCUT2D eigenvalue weighted by Crippen LogP contribution is -2.19. The molecule has 3 rings (SSSR count). The van der Waals surface area contributed by atoms with Crippen molar-refractivity contribution < 1.29 is 4.74 Å². The van der Waals surface area contributed by atoms with Gasteiger partial charge in [0.05, 0.1) is 11.8 Å². The Balaban J connectivity index is 1.99. The molecule has 1 fully saturated rings. The number of hydrogen-bond donors (Lipinski definition) is 1. The first kappa shape index (κ1) is 13.4. The number of imidazole rings is 1. The van der Waals surface area contributed by atoms with Crippen LogP contribution >= 0.6 is 0 Å². The zero-order valence-electron chi connectivity index (χ0n) is 12.5. The molecule has 0 spiro atoms. The zero-order chi connectivity index (χ0) is 14.3. The average molecular weight is 277 g/mol. The lowest BCUT2D eigenvalue weighted by atomic mass is 10.0. The maximum absolute atomic E-state index is 6.13. The van der Waals surface area contributed by atoms with Gasteiger partial charge in [-0.3, -0.25) is 9.25 Å². The summed E-state index contributed by atoms with van der Waals surface area (Å²) >= 11 is 0. The molecular formula is C14H23N5O. The second-order valence-corrected chi connectivity index (χ2v) is 5.70. The van der Waals surface area contributed by atoms with E-state index in [1.165, 1.54) is 0 Å². The van der Waals surface area contributed by atoms with E-state index in [-0.39, 0.29) is 6.10 Å². The number of fused-ring (bicyclic) bond motifs is 1. The summed E-state index contributed by atoms with van der Waals surface area (Å²) in [7, 11) is 1.97. The Morgan fingerprint density at radius 2 is 2.25 bits per heavy atom. The summed E-state index contributed by atoms with van der Waals surface area (Å²) in [6, 6.07) is 0. The molecular weight excluding hydrogens is 254 g/mol. The molecule has 1 saturated heterocycles. The average Bonchev–Trinajstić information content (AvgIpc) is 3.02. The van der Waals surface area contributed by atoms with Crippen LogP contribution in [0.25, 0.3) is 11.2 Å². The van der Waals surface area contributed by atoms with Crippen molar-refractivity contribution in [2.45, 2.75) is 45.8 Å². The van der Waals surface area contributed by atoms with Crippen LogP contribution in [0.5, 0.6) is 0 Å². The van der Waals surface area contributed by atoms with Crippen LogP contribution in [-0.2, 0) is 24.8 Å². The summed E-state index contributed by atoms with van der Waals surface area (Å²) in [4.78, 5) is 4.54. The summed E-state index contributed by atoms with van der Waals surface area (Å²) in [5, 5.41) is 4.58. The van der Waals surface area contributed by atoms with Gasteiger partial charge in [-0.25, -0.2) is 4.98 Å². The van der Waals surface area contributed by atoms with Crippen LogP contribution in [0.4, 0.5) is 5.95 Å². The predicted octanol–water partition coefficient (Wildman–Crippen LogP) is 1.73. The molecule has 2 atom stereocenters. The Morgan fingerprint density at radius 1 is 1.45 bits per heavy atom. The smallest absolute Gasteiger partial charge is 0.202 e. The third kappa shape index (κ3) is 2.08. The monoisotopic (exact) mass is 277 g/mol. The first-order valence-corrected chi connectivity index (χ1v) is 7.41. The van der Waals surface area contributed by atoms with E-state index in [1.807, 2.05) is 11.7 Å². The molecule has 0 saturated carbocycles. The Bertz CT molecular complexity index is 615. The normalized spacial score (nSPS) is 22.9. The fraction of sp³-hybridized carbons (Fsp3) is 0.714. The maximum Gasteiger partial charge on any atom is 0.202 e. The minimum absolute atomic E-state index is 0.287. The Kier molecular flexibility index (Phi) is 3.41. The van der Waals surface area contributed by atoms with Crippen LogP contribution in [0.2, 0.25) is 0 Å². The highest BCUT2D eigenvalue weighted by atomic mass is 16.5. The molecule has 1 aliphatic rings. The number of nitrogens with zero attached hydrogens (tertiary/aromatic N) is 4. The summed E-state index contributed by atoms with van der Waals surface area (Å²) in [6.45, 7) is 5.98. The molecule has 20 heavy (non-hydrogen) atoms. The van der Waals surface area contributed by atoms with Gasteiger partial charge in [0, 0.05) is 26.1 Å². The van der Waals surface area contributed by atoms with Gasteiger partial charge in [0.2, 0.25) is 5.95 Å². The Hall–Kier alpha value is -1.56. The SMILES string of the molecule is CCCc1nn(C)c2c1nc(N)n2CC1CCOC1C. The maximum atomic E-state index is 6.13. The van der Waals surface area contributed by atoms with Gasteiger partial charge in [-0.1, -0.05) is 13.3 Å². The zero-order valence-corrected chi connectivity index (χ0v) is 12.5. The van der Waals surface area contributed by atoms with Crippen molar-refractivity contribution in [3.8, 4) is 0 Å². The topological polar surface area (TPSA) is 70.9 Å². The van der Waals surface area contributed by atoms with Crippen LogP contribution in [0.3, 0.4) is 0 Å². The second kappa shape index (κ2) is 5.09. The van der Waals surface area contributed by atoms with E-state index in [2.05, 4.69) is 28.5 Å². The Morgan fingerprint density at radius 3 is 2.90 bits per heavy atom. The molecule has 0 amide bonds. The minimum Gasteiger partial charge on any atom is -0.378 e. The second-order valence-electron chi connectivity index (χ2n) is 5.70. The first-order chi connectivity index (χ1) is 9.61. The van der Waals surface area contributed by atoms with Crippen molar-refractivity contribution in [1.29, 1.82) is 0 Å². The molecule has 2 unspecified atom stereocenters. The van der Waals surface area contributed by atoms with Crippen LogP contribution in [0.15, 0.2) is 0 Å². The van der Waals surface area contributed by atoms with E-state index in [9.17, 15) is 0 Å². The molecule has 2 N–H and O–H groups in total. The van der Waals surface area contributed by atoms with Gasteiger partial charge in [0.15, 0.2) is 5.65 Å². The molecule has 0 radical (unpaired) electrons. The van der Waals surface area contributed by atoms with Crippen molar-refractivity contribution in [2.75, 3.05) is 12.3 Å². The van der Waals surface area contributed by atoms with Crippen LogP contribution in [0, 0.1) is 5.92 Å². The van der Waals surface area contributed by atoms with Gasteiger partial charge >= 0.3 is 0 Å². The Labute approximate surface area is 118 Å². The number of aromatic nitrogens is 4. The third-order valence-electron chi connectivity index (χ3n) is 4.26. The van der Waals surface area contributed by atoms with Crippen molar-refractivity contribution in [3.63, 3.8) is 0 Å². The van der Waals surface area contributed by atoms with E-state index >= 15 is 0 Å². The third-order valence-corrected chi connectivity index (χ3v) is 4.26. The molecule has 6 heteroatoms. The first-order valence-electron chi connectivity index (χ1n) is 7.41. The van der Waals surface area contributed by atoms with E-state index in [0.717, 1.165) is 49.3 Å². The van der Waals surface area contributed by atoms with Crippen molar-refractivity contribution in [1.82, 2.24) is 19.3 Å². The van der Waals surface area contributed by atoms with Crippen molar-refractivity contribution >= 4 is 17.1 Å². The molecule has 0 bridgehead atoms. The number of aryl methyl sites for hydroxylation is 2. The molecule has 1 aliphatic heterocycles. The van der Waals surface area contributed by atoms with E-state index in [1.54, 1.807) is 0 Å². The van der Waals surface area contributed by atoms with Gasteiger partial charge in [-0.15, -0.1) is 0 Å². The van der Waals surface area contributed by atoms with Crippen LogP contribution in [0.1, 0.15) is 32.4 Å². The fourth-order valence-electron chi connectivity index (χ4n) is 3.09. The van der Waals surface area contributed by atoms with Gasteiger partial charge in [0.25, 0.3) is 0 Å². The van der Waals surface area contributed by atoms with Crippen molar-refractivity contribution in [2.24, 2.45) is 13.0 Å². The number of nitrogens with two attached hydrogens (primary N) is 1. The number of anilines is 1. The van der Waals surface area contributed by atoms with Crippen LogP contribution in [-0.4, -0.2) is 32.0 Å². The quantitative estimate of drug-likeness (QED) is 0.924. The highest BCUT2D eigenvalue weighted by molar-refractivity contribution is 5.77. The number of hydrogen-bond acceptors (Lipinski definition) is 4. The summed E-state index contributed by atoms with van der Waals surface area (Å²) in [5.41, 5.74) is 9.16. The lowest BCUT2D eigenvalue weighted by molar-refractivity contribution is 0.102. The molecule has 2 aromatic heterocycles. The van der Waals surface area contributed by atoms with Crippen LogP contribution < -0.4 is 5.73 Å². The number of rotatable bonds is 4. The summed E-state index contributed by atoms with van der Waals surface area (Å²) in [5.74, 6) is 1.09. The molecule has 110 valence electrons. The van der Waals surface area contributed by atoms with Gasteiger partial charge in [0.1, 0.15) is 5.52 Å². The predicted molar refractivity (Wildman–Crippen MR) is 78.4 cm³/mol. The van der Waals surface area contributed by atoms with Gasteiger partial charge < -0.3 is 10.5 Å². The summed E-state index contributed by atoms with van der Waals surface area (Å²) < 4.78 is 9.64. The standard InChI is InChI=1S/C14H23N5O/c1-4-5-11-12-13(18(3)17-11)19(14(15)16-12)8-10-6-7-20-9(10)2/h9-10H,4-8H2,1-3H3,(H2,15,16). The minimum atomic E-state index is 0.287. The fourth-order valence-corrected chi connectivity index (χ4v) is 3.09. The largest absolute Gasteiger partial charge is 0.378 e. The summed E-state index contributed by atoms with van der Waals surface area (Å²) in [6.07, 6.45) is 3.37. The highest BCUT2D eigenvalue weighted by Gasteiger charge is 2.27. The molecule has 3 heterocycles. The molecule has 0 aromatic carbocycles. The van der Waals surface area contributed by atoms with Gasteiger partial charge in [-0.2, -0.15) is 5.10 Å². The number of nitrogen functional groups attached to an aromatic ring is 1. The van der Waals surface area contributed by atoms with E-state index in [4.69, 9.17) is 10.5 Å². The van der Waals surface area contributed by atoms with E-state index < -0.39 is 0 Å². The van der Waals surface area contributed by atoms with Gasteiger partial charge in [-0.05, 0) is 19.8 Å². The number of ether oxygens (including phenoxy) is 1. The molecule has 0 aliphatic carbocycles. The van der Waals surface area contributed by atoms with E-state index in [0.29, 0.717) is 11.9 Å². The van der Waals surface area contributed by atoms with Crippen molar-refractivity contribution in [3.05, 3.63) is 5.69 Å². The molecule has 2 aromatic rings.